The zero-order chi connectivity index (χ0) is 19.3. The summed E-state index contributed by atoms with van der Waals surface area (Å²) >= 11 is 0. The van der Waals surface area contributed by atoms with Crippen molar-refractivity contribution in [1.29, 1.82) is 0 Å². The number of nitrogens with one attached hydrogen (secondary N) is 1. The normalized spacial score (nSPS) is 20.6. The molecule has 6 heteroatoms. The fraction of sp³-hybridized carbons (Fsp3) is 0.667. The van der Waals surface area contributed by atoms with Crippen LogP contribution < -0.4 is 19.5 Å². The Kier molecular flexibility index (Phi) is 6.47. The van der Waals surface area contributed by atoms with Crippen molar-refractivity contribution in [2.45, 2.75) is 52.5 Å². The molecule has 1 aliphatic heterocycles. The summed E-state index contributed by atoms with van der Waals surface area (Å²) in [6, 6.07) is 3.72. The molecule has 1 aromatic rings. The van der Waals surface area contributed by atoms with Gasteiger partial charge in [-0.1, -0.05) is 0 Å². The minimum absolute atomic E-state index is 0.0875. The van der Waals surface area contributed by atoms with Crippen molar-refractivity contribution >= 4 is 5.91 Å². The van der Waals surface area contributed by atoms with Crippen LogP contribution >= 0.6 is 0 Å². The van der Waals surface area contributed by atoms with Crippen LogP contribution in [0.5, 0.6) is 17.2 Å². The Hall–Kier alpha value is -1.95. The van der Waals surface area contributed by atoms with Crippen LogP contribution in [0.3, 0.4) is 0 Å². The van der Waals surface area contributed by atoms with Crippen LogP contribution in [0.25, 0.3) is 0 Å². The molecule has 1 unspecified atom stereocenters. The molecule has 1 saturated carbocycles. The molecule has 1 saturated heterocycles. The van der Waals surface area contributed by atoms with E-state index in [1.807, 2.05) is 20.8 Å². The quantitative estimate of drug-likeness (QED) is 0.750. The number of amides is 1. The first-order valence-corrected chi connectivity index (χ1v) is 10.1. The molecule has 0 radical (unpaired) electrons. The average molecular weight is 377 g/mol. The topological polar surface area (TPSA) is 66.0 Å². The minimum atomic E-state index is -0.0875. The third kappa shape index (κ3) is 4.15. The molecule has 0 bridgehead atoms. The molecule has 6 nitrogen and oxygen atoms in total. The van der Waals surface area contributed by atoms with Crippen molar-refractivity contribution < 1.29 is 23.7 Å². The Balaban J connectivity index is 1.81. The zero-order valence-electron chi connectivity index (χ0n) is 16.6. The Labute approximate surface area is 161 Å². The second kappa shape index (κ2) is 8.83. The van der Waals surface area contributed by atoms with Gasteiger partial charge in [0, 0.05) is 24.8 Å². The lowest BCUT2D eigenvalue weighted by Crippen LogP contribution is -2.57. The van der Waals surface area contributed by atoms with E-state index in [0.717, 1.165) is 32.5 Å². The molecule has 2 aliphatic rings. The molecular weight excluding hydrogens is 346 g/mol. The first-order valence-electron chi connectivity index (χ1n) is 10.1. The lowest BCUT2D eigenvalue weighted by atomic mass is 9.60. The predicted octanol–water partition coefficient (Wildman–Crippen LogP) is 3.57. The highest BCUT2D eigenvalue weighted by molar-refractivity contribution is 5.96. The summed E-state index contributed by atoms with van der Waals surface area (Å²) in [5.41, 5.74) is 0.754. The number of carbonyl (C=O) groups excluding carboxylic acids is 1. The van der Waals surface area contributed by atoms with Gasteiger partial charge in [0.25, 0.3) is 5.91 Å². The number of ether oxygens (including phenoxy) is 4. The summed E-state index contributed by atoms with van der Waals surface area (Å²) in [5, 5.41) is 3.24. The third-order valence-electron chi connectivity index (χ3n) is 5.64. The fourth-order valence-electron chi connectivity index (χ4n) is 4.06. The molecule has 1 heterocycles. The number of hydrogen-bond donors (Lipinski definition) is 1. The zero-order valence-corrected chi connectivity index (χ0v) is 16.6. The van der Waals surface area contributed by atoms with Gasteiger partial charge in [-0.3, -0.25) is 4.79 Å². The van der Waals surface area contributed by atoms with E-state index in [2.05, 4.69) is 5.32 Å². The van der Waals surface area contributed by atoms with E-state index < -0.39 is 0 Å². The molecule has 27 heavy (non-hydrogen) atoms. The maximum absolute atomic E-state index is 13.0. The summed E-state index contributed by atoms with van der Waals surface area (Å²) in [6.07, 6.45) is 4.24. The fourth-order valence-corrected chi connectivity index (χ4v) is 4.06. The molecular formula is C21H31NO5. The molecule has 1 amide bonds. The van der Waals surface area contributed by atoms with E-state index in [9.17, 15) is 4.79 Å². The Morgan fingerprint density at radius 3 is 2.11 bits per heavy atom. The van der Waals surface area contributed by atoms with Gasteiger partial charge in [0.2, 0.25) is 5.75 Å². The Bertz CT molecular complexity index is 627. The standard InChI is InChI=1S/C21H31NO5/c1-4-25-16-13-15(14-17(26-5-2)19(16)27-6-3)20(23)22-18-7-8-21(18)9-11-24-12-10-21/h13-14,18H,4-12H2,1-3H3,(H,22,23). The van der Waals surface area contributed by atoms with Gasteiger partial charge in [-0.05, 0) is 64.0 Å². The predicted molar refractivity (Wildman–Crippen MR) is 103 cm³/mol. The summed E-state index contributed by atoms with van der Waals surface area (Å²) in [6.45, 7) is 8.79. The lowest BCUT2D eigenvalue weighted by Gasteiger charge is -2.52. The van der Waals surface area contributed by atoms with Crippen LogP contribution in [-0.4, -0.2) is 45.0 Å². The monoisotopic (exact) mass is 377 g/mol. The molecule has 150 valence electrons. The van der Waals surface area contributed by atoms with Crippen LogP contribution in [0.4, 0.5) is 0 Å². The van der Waals surface area contributed by atoms with Gasteiger partial charge in [-0.2, -0.15) is 0 Å². The van der Waals surface area contributed by atoms with Crippen molar-refractivity contribution in [1.82, 2.24) is 5.32 Å². The Morgan fingerprint density at radius 2 is 1.63 bits per heavy atom. The van der Waals surface area contributed by atoms with Crippen LogP contribution in [0, 0.1) is 5.41 Å². The van der Waals surface area contributed by atoms with Gasteiger partial charge in [-0.25, -0.2) is 0 Å². The number of hydrogen-bond acceptors (Lipinski definition) is 5. The smallest absolute Gasteiger partial charge is 0.251 e. The van der Waals surface area contributed by atoms with Crippen LogP contribution in [0.15, 0.2) is 12.1 Å². The number of carbonyl (C=O) groups is 1. The minimum Gasteiger partial charge on any atom is -0.490 e. The van der Waals surface area contributed by atoms with E-state index in [-0.39, 0.29) is 17.4 Å². The summed E-state index contributed by atoms with van der Waals surface area (Å²) < 4.78 is 22.7. The first-order chi connectivity index (χ1) is 13.1. The van der Waals surface area contributed by atoms with Gasteiger partial charge in [-0.15, -0.1) is 0 Å². The molecule has 3 rings (SSSR count). The molecule has 2 fully saturated rings. The lowest BCUT2D eigenvalue weighted by molar-refractivity contribution is -0.0523. The summed E-state index contributed by atoms with van der Waals surface area (Å²) in [4.78, 5) is 13.0. The molecule has 1 aromatic carbocycles. The van der Waals surface area contributed by atoms with Crippen molar-refractivity contribution in [2.24, 2.45) is 5.41 Å². The summed E-state index contributed by atoms with van der Waals surface area (Å²) in [7, 11) is 0. The van der Waals surface area contributed by atoms with Crippen molar-refractivity contribution in [3.8, 4) is 17.2 Å². The van der Waals surface area contributed by atoms with Crippen LogP contribution in [0.1, 0.15) is 56.8 Å². The van der Waals surface area contributed by atoms with Gasteiger partial charge in [0.1, 0.15) is 0 Å². The van der Waals surface area contributed by atoms with Gasteiger partial charge in [0.15, 0.2) is 11.5 Å². The molecule has 1 aliphatic carbocycles. The maximum Gasteiger partial charge on any atom is 0.251 e. The molecule has 1 spiro atoms. The third-order valence-corrected chi connectivity index (χ3v) is 5.64. The second-order valence-corrected chi connectivity index (χ2v) is 7.14. The Morgan fingerprint density at radius 1 is 1.04 bits per heavy atom. The highest BCUT2D eigenvalue weighted by Crippen LogP contribution is 2.49. The molecule has 0 aromatic heterocycles. The van der Waals surface area contributed by atoms with Crippen molar-refractivity contribution in [3.63, 3.8) is 0 Å². The van der Waals surface area contributed by atoms with E-state index in [0.29, 0.717) is 42.6 Å². The van der Waals surface area contributed by atoms with Gasteiger partial charge in [0.05, 0.1) is 19.8 Å². The van der Waals surface area contributed by atoms with Gasteiger partial charge < -0.3 is 24.3 Å². The van der Waals surface area contributed by atoms with E-state index in [1.165, 1.54) is 6.42 Å². The highest BCUT2D eigenvalue weighted by Gasteiger charge is 2.48. The van der Waals surface area contributed by atoms with E-state index >= 15 is 0 Å². The van der Waals surface area contributed by atoms with E-state index in [4.69, 9.17) is 18.9 Å². The molecule has 1 N–H and O–H groups in total. The van der Waals surface area contributed by atoms with E-state index in [1.54, 1.807) is 12.1 Å². The SMILES string of the molecule is CCOc1cc(C(=O)NC2CCC23CCOCC3)cc(OCC)c1OCC. The second-order valence-electron chi connectivity index (χ2n) is 7.14. The average Bonchev–Trinajstić information content (AvgIpc) is 2.68. The molecule has 1 atom stereocenters. The number of benzene rings is 1. The van der Waals surface area contributed by atoms with Crippen molar-refractivity contribution in [2.75, 3.05) is 33.0 Å². The van der Waals surface area contributed by atoms with Crippen LogP contribution in [-0.2, 0) is 4.74 Å². The number of rotatable bonds is 8. The van der Waals surface area contributed by atoms with Crippen LogP contribution in [0.2, 0.25) is 0 Å². The largest absolute Gasteiger partial charge is 0.490 e. The maximum atomic E-state index is 13.0. The first kappa shape index (κ1) is 19.8. The van der Waals surface area contributed by atoms with Gasteiger partial charge >= 0.3 is 0 Å². The highest BCUT2D eigenvalue weighted by atomic mass is 16.5. The summed E-state index contributed by atoms with van der Waals surface area (Å²) in [5.74, 6) is 1.56. The van der Waals surface area contributed by atoms with Crippen molar-refractivity contribution in [3.05, 3.63) is 17.7 Å².